The highest BCUT2D eigenvalue weighted by Crippen LogP contribution is 2.15. The molecular weight excluding hydrogens is 214 g/mol. The monoisotopic (exact) mass is 237 g/mol. The van der Waals surface area contributed by atoms with Crippen LogP contribution < -0.4 is 4.90 Å². The van der Waals surface area contributed by atoms with Gasteiger partial charge in [-0.05, 0) is 44.6 Å². The molecule has 1 aromatic rings. The van der Waals surface area contributed by atoms with Gasteiger partial charge in [0.2, 0.25) is 0 Å². The number of nitrogens with zero attached hydrogens (tertiary/aromatic N) is 1. The second kappa shape index (κ2) is 7.61. The molecule has 0 atom stereocenters. The van der Waals surface area contributed by atoms with E-state index in [1.54, 1.807) is 0 Å². The van der Waals surface area contributed by atoms with E-state index in [1.807, 2.05) is 0 Å². The Bertz CT molecular complexity index is 281. The smallest absolute Gasteiger partial charge is 0.0366 e. The van der Waals surface area contributed by atoms with Crippen LogP contribution in [0.3, 0.4) is 0 Å². The van der Waals surface area contributed by atoms with Crippen LogP contribution in [0.2, 0.25) is 0 Å². The maximum Gasteiger partial charge on any atom is 0.0366 e. The molecule has 0 aromatic heterocycles. The highest BCUT2D eigenvalue weighted by Gasteiger charge is 2.02. The predicted molar refractivity (Wildman–Crippen MR) is 76.8 cm³/mol. The van der Waals surface area contributed by atoms with Crippen molar-refractivity contribution in [1.82, 2.24) is 0 Å². The molecule has 0 heterocycles. The summed E-state index contributed by atoms with van der Waals surface area (Å²) in [6, 6.07) is 8.81. The highest BCUT2D eigenvalue weighted by atomic mass is 32.1. The summed E-state index contributed by atoms with van der Waals surface area (Å²) in [4.78, 5) is 2.44. The lowest BCUT2D eigenvalue weighted by molar-refractivity contribution is 0.689. The normalized spacial score (nSPS) is 10.4. The van der Waals surface area contributed by atoms with Gasteiger partial charge >= 0.3 is 0 Å². The molecular formula is C14H23NS. The van der Waals surface area contributed by atoms with Crippen molar-refractivity contribution in [3.05, 3.63) is 29.8 Å². The molecule has 0 N–H and O–H groups in total. The van der Waals surface area contributed by atoms with Crippen LogP contribution in [0, 0.1) is 6.92 Å². The molecule has 1 aromatic carbocycles. The Morgan fingerprint density at radius 1 is 1.06 bits per heavy atom. The molecule has 0 amide bonds. The molecule has 0 aliphatic carbocycles. The van der Waals surface area contributed by atoms with Crippen LogP contribution in [-0.2, 0) is 0 Å². The van der Waals surface area contributed by atoms with E-state index in [0.29, 0.717) is 0 Å². The molecule has 0 aliphatic heterocycles. The molecule has 0 bridgehead atoms. The molecule has 0 radical (unpaired) electrons. The first-order valence-electron chi connectivity index (χ1n) is 6.20. The number of anilines is 1. The van der Waals surface area contributed by atoms with Gasteiger partial charge in [0.05, 0.1) is 0 Å². The molecule has 0 spiro atoms. The Kier molecular flexibility index (Phi) is 6.39. The maximum absolute atomic E-state index is 4.24. The molecule has 0 aliphatic rings. The zero-order chi connectivity index (χ0) is 11.8. The Balaban J connectivity index is 2.44. The van der Waals surface area contributed by atoms with Crippen molar-refractivity contribution < 1.29 is 0 Å². The first-order valence-corrected chi connectivity index (χ1v) is 6.83. The number of hydrogen-bond donors (Lipinski definition) is 1. The third-order valence-corrected chi connectivity index (χ3v) is 3.18. The maximum atomic E-state index is 4.24. The second-order valence-electron chi connectivity index (χ2n) is 4.20. The van der Waals surface area contributed by atoms with Gasteiger partial charge in [0.15, 0.2) is 0 Å². The van der Waals surface area contributed by atoms with Crippen LogP contribution in [0.5, 0.6) is 0 Å². The van der Waals surface area contributed by atoms with Crippen molar-refractivity contribution in [2.45, 2.75) is 33.1 Å². The SMILES string of the molecule is CCN(CCCCCS)c1ccc(C)cc1. The van der Waals surface area contributed by atoms with E-state index < -0.39 is 0 Å². The summed E-state index contributed by atoms with van der Waals surface area (Å²) in [5.74, 6) is 1.01. The summed E-state index contributed by atoms with van der Waals surface area (Å²) in [6.45, 7) is 6.60. The fourth-order valence-corrected chi connectivity index (χ4v) is 2.04. The third-order valence-electron chi connectivity index (χ3n) is 2.87. The molecule has 90 valence electrons. The van der Waals surface area contributed by atoms with Gasteiger partial charge in [0.25, 0.3) is 0 Å². The van der Waals surface area contributed by atoms with E-state index in [1.165, 1.54) is 30.5 Å². The molecule has 1 nitrogen and oxygen atoms in total. The second-order valence-corrected chi connectivity index (χ2v) is 4.65. The van der Waals surface area contributed by atoms with Gasteiger partial charge in [0, 0.05) is 18.8 Å². The first-order chi connectivity index (χ1) is 7.77. The summed E-state index contributed by atoms with van der Waals surface area (Å²) in [5.41, 5.74) is 2.67. The van der Waals surface area contributed by atoms with Crippen LogP contribution >= 0.6 is 12.6 Å². The topological polar surface area (TPSA) is 3.24 Å². The van der Waals surface area contributed by atoms with Crippen molar-refractivity contribution >= 4 is 18.3 Å². The van der Waals surface area contributed by atoms with Gasteiger partial charge in [-0.2, -0.15) is 12.6 Å². The van der Waals surface area contributed by atoms with Crippen molar-refractivity contribution in [1.29, 1.82) is 0 Å². The van der Waals surface area contributed by atoms with E-state index in [4.69, 9.17) is 0 Å². The van der Waals surface area contributed by atoms with Gasteiger partial charge in [-0.3, -0.25) is 0 Å². The van der Waals surface area contributed by atoms with Crippen molar-refractivity contribution in [3.63, 3.8) is 0 Å². The average molecular weight is 237 g/mol. The standard InChI is InChI=1S/C14H23NS/c1-3-15(11-5-4-6-12-16)14-9-7-13(2)8-10-14/h7-10,16H,3-6,11-12H2,1-2H3. The summed E-state index contributed by atoms with van der Waals surface area (Å²) in [6.07, 6.45) is 3.78. The van der Waals surface area contributed by atoms with Crippen LogP contribution in [0.15, 0.2) is 24.3 Å². The molecule has 0 fully saturated rings. The average Bonchev–Trinajstić information content (AvgIpc) is 2.31. The first kappa shape index (κ1) is 13.4. The van der Waals surface area contributed by atoms with Crippen LogP contribution in [-0.4, -0.2) is 18.8 Å². The minimum absolute atomic E-state index is 1.01. The van der Waals surface area contributed by atoms with Crippen LogP contribution in [0.1, 0.15) is 31.7 Å². The lowest BCUT2D eigenvalue weighted by Gasteiger charge is -2.23. The summed E-state index contributed by atoms with van der Waals surface area (Å²) < 4.78 is 0. The quantitative estimate of drug-likeness (QED) is 0.555. The third kappa shape index (κ3) is 4.48. The van der Waals surface area contributed by atoms with E-state index >= 15 is 0 Å². The largest absolute Gasteiger partial charge is 0.372 e. The molecule has 2 heteroatoms. The number of thiol groups is 1. The lowest BCUT2D eigenvalue weighted by Crippen LogP contribution is -2.23. The van der Waals surface area contributed by atoms with Crippen LogP contribution in [0.4, 0.5) is 5.69 Å². The van der Waals surface area contributed by atoms with E-state index in [-0.39, 0.29) is 0 Å². The van der Waals surface area contributed by atoms with Gasteiger partial charge in [-0.25, -0.2) is 0 Å². The molecule has 0 saturated heterocycles. The van der Waals surface area contributed by atoms with Crippen molar-refractivity contribution in [2.75, 3.05) is 23.7 Å². The zero-order valence-electron chi connectivity index (χ0n) is 10.4. The Morgan fingerprint density at radius 2 is 1.75 bits per heavy atom. The number of aryl methyl sites for hydroxylation is 1. The minimum atomic E-state index is 1.01. The Hall–Kier alpha value is -0.630. The van der Waals surface area contributed by atoms with Crippen molar-refractivity contribution in [2.24, 2.45) is 0 Å². The highest BCUT2D eigenvalue weighted by molar-refractivity contribution is 7.80. The van der Waals surface area contributed by atoms with E-state index in [0.717, 1.165) is 18.8 Å². The van der Waals surface area contributed by atoms with E-state index in [2.05, 4.69) is 55.6 Å². The summed E-state index contributed by atoms with van der Waals surface area (Å²) in [5, 5.41) is 0. The molecule has 1 rings (SSSR count). The zero-order valence-corrected chi connectivity index (χ0v) is 11.3. The van der Waals surface area contributed by atoms with Gasteiger partial charge < -0.3 is 4.90 Å². The summed E-state index contributed by atoms with van der Waals surface area (Å²) in [7, 11) is 0. The Morgan fingerprint density at radius 3 is 2.31 bits per heavy atom. The number of hydrogen-bond acceptors (Lipinski definition) is 2. The number of unbranched alkanes of at least 4 members (excludes halogenated alkanes) is 2. The van der Waals surface area contributed by atoms with E-state index in [9.17, 15) is 0 Å². The fourth-order valence-electron chi connectivity index (χ4n) is 1.82. The lowest BCUT2D eigenvalue weighted by atomic mass is 10.2. The molecule has 0 saturated carbocycles. The Labute approximate surface area is 105 Å². The molecule has 0 unspecified atom stereocenters. The van der Waals surface area contributed by atoms with Gasteiger partial charge in [-0.1, -0.05) is 24.1 Å². The summed E-state index contributed by atoms with van der Waals surface area (Å²) >= 11 is 4.24. The van der Waals surface area contributed by atoms with Gasteiger partial charge in [0.1, 0.15) is 0 Å². The minimum Gasteiger partial charge on any atom is -0.372 e. The van der Waals surface area contributed by atoms with Crippen LogP contribution in [0.25, 0.3) is 0 Å². The number of rotatable bonds is 7. The fraction of sp³-hybridized carbons (Fsp3) is 0.571. The predicted octanol–water partition coefficient (Wildman–Crippen LogP) is 3.92. The van der Waals surface area contributed by atoms with Crippen molar-refractivity contribution in [3.8, 4) is 0 Å². The van der Waals surface area contributed by atoms with Gasteiger partial charge in [-0.15, -0.1) is 0 Å². The molecule has 16 heavy (non-hydrogen) atoms. The number of benzene rings is 1.